The van der Waals surface area contributed by atoms with Crippen LogP contribution in [0.2, 0.25) is 0 Å². The second-order valence-electron chi connectivity index (χ2n) is 4.22. The van der Waals surface area contributed by atoms with Gasteiger partial charge in [0.2, 0.25) is 0 Å². The summed E-state index contributed by atoms with van der Waals surface area (Å²) >= 11 is 0. The van der Waals surface area contributed by atoms with Crippen molar-refractivity contribution in [2.45, 2.75) is 32.3 Å². The first kappa shape index (κ1) is 11.1. The molecule has 1 aromatic heterocycles. The minimum atomic E-state index is -0.328. The highest BCUT2D eigenvalue weighted by atomic mass is 16.3. The number of aliphatic hydroxyl groups is 1. The van der Waals surface area contributed by atoms with Gasteiger partial charge in [-0.25, -0.2) is 4.98 Å². The Morgan fingerprint density at radius 3 is 3.06 bits per heavy atom. The molecule has 3 N–H and O–H groups in total. The van der Waals surface area contributed by atoms with E-state index in [1.165, 1.54) is 6.07 Å². The van der Waals surface area contributed by atoms with Gasteiger partial charge < -0.3 is 15.4 Å². The Morgan fingerprint density at radius 2 is 2.44 bits per heavy atom. The van der Waals surface area contributed by atoms with Gasteiger partial charge in [-0.05, 0) is 18.8 Å². The van der Waals surface area contributed by atoms with Crippen molar-refractivity contribution in [1.82, 2.24) is 9.97 Å². The molecule has 16 heavy (non-hydrogen) atoms. The molecule has 1 aliphatic carbocycles. The minimum Gasteiger partial charge on any atom is -0.391 e. The van der Waals surface area contributed by atoms with Gasteiger partial charge in [0.25, 0.3) is 5.56 Å². The molecule has 2 rings (SSSR count). The molecule has 1 fully saturated rings. The molecule has 0 radical (unpaired) electrons. The molecule has 0 bridgehead atoms. The number of rotatable bonds is 5. The summed E-state index contributed by atoms with van der Waals surface area (Å²) in [5.74, 6) is 1.64. The van der Waals surface area contributed by atoms with E-state index in [1.54, 1.807) is 0 Å². The standard InChI is InChI=1S/C11H17N3O2/c1-2-9-13-10(5-11(16)14-9)12-6-8(15)7-3-4-7/h5,7-8,15H,2-4,6H2,1H3,(H2,12,13,14,16). The Bertz CT molecular complexity index is 412. The number of anilines is 1. The molecule has 5 nitrogen and oxygen atoms in total. The Labute approximate surface area is 93.9 Å². The largest absolute Gasteiger partial charge is 0.391 e. The average molecular weight is 223 g/mol. The predicted octanol–water partition coefficient (Wildman–Crippen LogP) is 0.515. The maximum Gasteiger partial charge on any atom is 0.252 e. The molecule has 1 saturated carbocycles. The molecule has 0 aliphatic heterocycles. The van der Waals surface area contributed by atoms with E-state index in [0.29, 0.717) is 30.5 Å². The lowest BCUT2D eigenvalue weighted by molar-refractivity contribution is 0.164. The van der Waals surface area contributed by atoms with Crippen LogP contribution in [0.25, 0.3) is 0 Å². The zero-order valence-electron chi connectivity index (χ0n) is 9.36. The van der Waals surface area contributed by atoms with Crippen molar-refractivity contribution < 1.29 is 5.11 Å². The monoisotopic (exact) mass is 223 g/mol. The molecule has 1 aromatic rings. The molecule has 1 heterocycles. The Hall–Kier alpha value is -1.36. The van der Waals surface area contributed by atoms with E-state index in [2.05, 4.69) is 15.3 Å². The Kier molecular flexibility index (Phi) is 3.24. The normalized spacial score (nSPS) is 17.1. The number of aromatic amines is 1. The van der Waals surface area contributed by atoms with Crippen LogP contribution in [0.3, 0.4) is 0 Å². The molecule has 88 valence electrons. The van der Waals surface area contributed by atoms with Crippen molar-refractivity contribution in [3.63, 3.8) is 0 Å². The molecule has 1 atom stereocenters. The number of nitrogens with zero attached hydrogens (tertiary/aromatic N) is 1. The third-order valence-electron chi connectivity index (χ3n) is 2.78. The van der Waals surface area contributed by atoms with Crippen molar-refractivity contribution in [2.75, 3.05) is 11.9 Å². The van der Waals surface area contributed by atoms with E-state index in [1.807, 2.05) is 6.92 Å². The summed E-state index contributed by atoms with van der Waals surface area (Å²) in [5, 5.41) is 12.7. The maximum absolute atomic E-state index is 11.3. The third kappa shape index (κ3) is 2.82. The second kappa shape index (κ2) is 4.65. The lowest BCUT2D eigenvalue weighted by Crippen LogP contribution is -2.23. The Morgan fingerprint density at radius 1 is 1.69 bits per heavy atom. The van der Waals surface area contributed by atoms with E-state index in [9.17, 15) is 9.90 Å². The SMILES string of the molecule is CCc1nc(NCC(O)C2CC2)cc(=O)[nH]1. The molecule has 0 amide bonds. The molecule has 5 heteroatoms. The van der Waals surface area contributed by atoms with Crippen molar-refractivity contribution in [3.05, 3.63) is 22.2 Å². The van der Waals surface area contributed by atoms with Crippen molar-refractivity contribution in [3.8, 4) is 0 Å². The summed E-state index contributed by atoms with van der Waals surface area (Å²) in [6.45, 7) is 2.39. The van der Waals surface area contributed by atoms with Crippen LogP contribution in [0.15, 0.2) is 10.9 Å². The van der Waals surface area contributed by atoms with Crippen LogP contribution in [0.4, 0.5) is 5.82 Å². The van der Waals surface area contributed by atoms with Gasteiger partial charge in [0.1, 0.15) is 11.6 Å². The summed E-state index contributed by atoms with van der Waals surface area (Å²) in [4.78, 5) is 18.1. The van der Waals surface area contributed by atoms with Gasteiger partial charge in [0.15, 0.2) is 0 Å². The fourth-order valence-corrected chi connectivity index (χ4v) is 1.62. The van der Waals surface area contributed by atoms with Crippen LogP contribution < -0.4 is 10.9 Å². The van der Waals surface area contributed by atoms with E-state index in [-0.39, 0.29) is 11.7 Å². The van der Waals surface area contributed by atoms with Crippen LogP contribution in [0.5, 0.6) is 0 Å². The van der Waals surface area contributed by atoms with Crippen LogP contribution in [-0.4, -0.2) is 27.7 Å². The summed E-state index contributed by atoms with van der Waals surface area (Å²) in [5.41, 5.74) is -0.157. The zero-order valence-corrected chi connectivity index (χ0v) is 9.36. The lowest BCUT2D eigenvalue weighted by atomic mass is 10.2. The molecule has 1 unspecified atom stereocenters. The van der Waals surface area contributed by atoms with Crippen molar-refractivity contribution in [1.29, 1.82) is 0 Å². The van der Waals surface area contributed by atoms with E-state index in [0.717, 1.165) is 12.8 Å². The number of hydrogen-bond acceptors (Lipinski definition) is 4. The van der Waals surface area contributed by atoms with Gasteiger partial charge in [-0.2, -0.15) is 0 Å². The lowest BCUT2D eigenvalue weighted by Gasteiger charge is -2.11. The Balaban J connectivity index is 1.97. The summed E-state index contributed by atoms with van der Waals surface area (Å²) < 4.78 is 0. The smallest absolute Gasteiger partial charge is 0.252 e. The van der Waals surface area contributed by atoms with Gasteiger partial charge in [-0.1, -0.05) is 6.92 Å². The first-order chi connectivity index (χ1) is 7.69. The first-order valence-electron chi connectivity index (χ1n) is 5.71. The third-order valence-corrected chi connectivity index (χ3v) is 2.78. The van der Waals surface area contributed by atoms with Crippen molar-refractivity contribution in [2.24, 2.45) is 5.92 Å². The van der Waals surface area contributed by atoms with Gasteiger partial charge >= 0.3 is 0 Å². The average Bonchev–Trinajstić information content (AvgIpc) is 3.08. The number of nitrogens with one attached hydrogen (secondary N) is 2. The minimum absolute atomic E-state index is 0.157. The molecular weight excluding hydrogens is 206 g/mol. The number of aryl methyl sites for hydroxylation is 1. The van der Waals surface area contributed by atoms with Gasteiger partial charge in [0.05, 0.1) is 6.10 Å². The molecule has 0 aromatic carbocycles. The molecule has 0 spiro atoms. The second-order valence-corrected chi connectivity index (χ2v) is 4.22. The number of H-pyrrole nitrogens is 1. The number of aromatic nitrogens is 2. The summed E-state index contributed by atoms with van der Waals surface area (Å²) in [7, 11) is 0. The predicted molar refractivity (Wildman–Crippen MR) is 61.5 cm³/mol. The molecule has 0 saturated heterocycles. The molecular formula is C11H17N3O2. The number of hydrogen-bond donors (Lipinski definition) is 3. The highest BCUT2D eigenvalue weighted by molar-refractivity contribution is 5.33. The fraction of sp³-hybridized carbons (Fsp3) is 0.636. The zero-order chi connectivity index (χ0) is 11.5. The van der Waals surface area contributed by atoms with Gasteiger partial charge in [0, 0.05) is 19.0 Å². The van der Waals surface area contributed by atoms with Gasteiger partial charge in [-0.3, -0.25) is 4.79 Å². The van der Waals surface area contributed by atoms with Gasteiger partial charge in [-0.15, -0.1) is 0 Å². The topological polar surface area (TPSA) is 78.0 Å². The van der Waals surface area contributed by atoms with Crippen molar-refractivity contribution >= 4 is 5.82 Å². The quantitative estimate of drug-likeness (QED) is 0.680. The highest BCUT2D eigenvalue weighted by Crippen LogP contribution is 2.32. The van der Waals surface area contributed by atoms with E-state index in [4.69, 9.17) is 0 Å². The molecule has 1 aliphatic rings. The highest BCUT2D eigenvalue weighted by Gasteiger charge is 2.29. The maximum atomic E-state index is 11.3. The first-order valence-corrected chi connectivity index (χ1v) is 5.71. The van der Waals surface area contributed by atoms with Crippen LogP contribution >= 0.6 is 0 Å². The van der Waals surface area contributed by atoms with Crippen LogP contribution in [0.1, 0.15) is 25.6 Å². The number of aliphatic hydroxyl groups excluding tert-OH is 1. The van der Waals surface area contributed by atoms with E-state index >= 15 is 0 Å². The summed E-state index contributed by atoms with van der Waals surface area (Å²) in [6, 6.07) is 1.42. The fourth-order valence-electron chi connectivity index (χ4n) is 1.62. The van der Waals surface area contributed by atoms with E-state index < -0.39 is 0 Å². The van der Waals surface area contributed by atoms with Crippen LogP contribution in [-0.2, 0) is 6.42 Å². The van der Waals surface area contributed by atoms with Crippen LogP contribution in [0, 0.1) is 5.92 Å². The summed E-state index contributed by atoms with van der Waals surface area (Å²) in [6.07, 6.45) is 2.57.